The molecule has 0 aliphatic carbocycles. The van der Waals surface area contributed by atoms with Crippen molar-refractivity contribution in [2.24, 2.45) is 5.73 Å². The van der Waals surface area contributed by atoms with Crippen LogP contribution in [0.2, 0.25) is 0 Å². The minimum absolute atomic E-state index is 0.224. The highest BCUT2D eigenvalue weighted by Crippen LogP contribution is 2.25. The van der Waals surface area contributed by atoms with Gasteiger partial charge in [-0.3, -0.25) is 4.68 Å². The first-order chi connectivity index (χ1) is 9.19. The molecule has 0 amide bonds. The molecule has 0 spiro atoms. The highest BCUT2D eigenvalue weighted by atomic mass is 16.5. The summed E-state index contributed by atoms with van der Waals surface area (Å²) in [5.41, 5.74) is 6.62. The molecule has 1 unspecified atom stereocenters. The molecule has 1 aliphatic rings. The Morgan fingerprint density at radius 3 is 2.89 bits per heavy atom. The molecular formula is C14H25N3O2. The van der Waals surface area contributed by atoms with Crippen LogP contribution in [0.15, 0.2) is 12.3 Å². The summed E-state index contributed by atoms with van der Waals surface area (Å²) in [6.07, 6.45) is 4.84. The molecule has 1 aliphatic heterocycles. The van der Waals surface area contributed by atoms with Crippen molar-refractivity contribution in [2.75, 3.05) is 19.8 Å². The zero-order chi connectivity index (χ0) is 13.7. The Kier molecular flexibility index (Phi) is 4.96. The van der Waals surface area contributed by atoms with Crippen LogP contribution in [0.4, 0.5) is 0 Å². The van der Waals surface area contributed by atoms with Gasteiger partial charge in [-0.2, -0.15) is 5.10 Å². The van der Waals surface area contributed by atoms with Crippen LogP contribution in [0.25, 0.3) is 0 Å². The van der Waals surface area contributed by atoms with E-state index in [0.29, 0.717) is 19.2 Å². The summed E-state index contributed by atoms with van der Waals surface area (Å²) in [7, 11) is 0. The first kappa shape index (κ1) is 14.5. The molecule has 1 aromatic rings. The van der Waals surface area contributed by atoms with Crippen LogP contribution in [-0.2, 0) is 16.1 Å². The average Bonchev–Trinajstić information content (AvgIpc) is 2.94. The minimum Gasteiger partial charge on any atom is -0.381 e. The second-order valence-electron chi connectivity index (χ2n) is 5.33. The normalized spacial score (nSPS) is 20.4. The van der Waals surface area contributed by atoms with Crippen molar-refractivity contribution in [3.05, 3.63) is 18.0 Å². The summed E-state index contributed by atoms with van der Waals surface area (Å²) in [5, 5.41) is 4.55. The van der Waals surface area contributed by atoms with E-state index in [1.54, 1.807) is 0 Å². The second-order valence-corrected chi connectivity index (χ2v) is 5.33. The summed E-state index contributed by atoms with van der Waals surface area (Å²) in [6, 6.07) is 2.45. The Bertz CT molecular complexity index is 386. The van der Waals surface area contributed by atoms with Gasteiger partial charge in [0.1, 0.15) is 0 Å². The van der Waals surface area contributed by atoms with Crippen molar-refractivity contribution in [2.45, 2.75) is 51.4 Å². The summed E-state index contributed by atoms with van der Waals surface area (Å²) in [4.78, 5) is 0. The van der Waals surface area contributed by atoms with Gasteiger partial charge in [-0.15, -0.1) is 0 Å². The monoisotopic (exact) mass is 267 g/mol. The van der Waals surface area contributed by atoms with Gasteiger partial charge in [-0.05, 0) is 19.4 Å². The van der Waals surface area contributed by atoms with Crippen LogP contribution in [0.3, 0.4) is 0 Å². The Labute approximate surface area is 115 Å². The Morgan fingerprint density at radius 1 is 1.53 bits per heavy atom. The molecule has 0 saturated carbocycles. The number of aromatic nitrogens is 2. The first-order valence-electron chi connectivity index (χ1n) is 7.15. The molecule has 0 radical (unpaired) electrons. The van der Waals surface area contributed by atoms with E-state index in [1.807, 2.05) is 16.9 Å². The van der Waals surface area contributed by atoms with Crippen molar-refractivity contribution < 1.29 is 9.47 Å². The number of nitrogens with two attached hydrogens (primary N) is 1. The van der Waals surface area contributed by atoms with E-state index in [9.17, 15) is 0 Å². The first-order valence-corrected chi connectivity index (χ1v) is 7.15. The topological polar surface area (TPSA) is 62.3 Å². The lowest BCUT2D eigenvalue weighted by molar-refractivity contribution is -0.113. The predicted molar refractivity (Wildman–Crippen MR) is 73.9 cm³/mol. The van der Waals surface area contributed by atoms with Gasteiger partial charge in [0.15, 0.2) is 0 Å². The molecule has 2 N–H and O–H groups in total. The third-order valence-corrected chi connectivity index (χ3v) is 4.01. The average molecular weight is 267 g/mol. The quantitative estimate of drug-likeness (QED) is 0.855. The van der Waals surface area contributed by atoms with Crippen molar-refractivity contribution in [1.29, 1.82) is 0 Å². The van der Waals surface area contributed by atoms with Gasteiger partial charge in [0, 0.05) is 44.8 Å². The van der Waals surface area contributed by atoms with Gasteiger partial charge >= 0.3 is 0 Å². The largest absolute Gasteiger partial charge is 0.381 e. The molecule has 2 rings (SSSR count). The van der Waals surface area contributed by atoms with Crippen LogP contribution in [0.5, 0.6) is 0 Å². The highest BCUT2D eigenvalue weighted by Gasteiger charge is 2.32. The summed E-state index contributed by atoms with van der Waals surface area (Å²) >= 11 is 0. The summed E-state index contributed by atoms with van der Waals surface area (Å²) < 4.78 is 13.4. The zero-order valence-electron chi connectivity index (χ0n) is 12.0. The number of rotatable bonds is 6. The Hall–Kier alpha value is -0.910. The molecule has 1 aromatic heterocycles. The standard InChI is InChI=1S/C14H25N3O2/c1-3-12(2)17-7-4-13(16-17)10-19-14(11-15)5-8-18-9-6-14/h4,7,12H,3,5-6,8-11,15H2,1-2H3. The van der Waals surface area contributed by atoms with E-state index >= 15 is 0 Å². The Morgan fingerprint density at radius 2 is 2.26 bits per heavy atom. The molecule has 5 heteroatoms. The van der Waals surface area contributed by atoms with Crippen LogP contribution >= 0.6 is 0 Å². The van der Waals surface area contributed by atoms with Crippen LogP contribution in [0, 0.1) is 0 Å². The van der Waals surface area contributed by atoms with Gasteiger partial charge in [0.2, 0.25) is 0 Å². The molecular weight excluding hydrogens is 242 g/mol. The van der Waals surface area contributed by atoms with Crippen molar-refractivity contribution >= 4 is 0 Å². The Balaban J connectivity index is 1.92. The third kappa shape index (κ3) is 3.55. The van der Waals surface area contributed by atoms with E-state index in [-0.39, 0.29) is 5.60 Å². The smallest absolute Gasteiger partial charge is 0.0914 e. The van der Waals surface area contributed by atoms with Gasteiger partial charge in [0.05, 0.1) is 17.9 Å². The second kappa shape index (κ2) is 6.50. The van der Waals surface area contributed by atoms with Crippen LogP contribution in [0.1, 0.15) is 44.8 Å². The van der Waals surface area contributed by atoms with Gasteiger partial charge in [0.25, 0.3) is 0 Å². The lowest BCUT2D eigenvalue weighted by atomic mass is 9.94. The third-order valence-electron chi connectivity index (χ3n) is 4.01. The molecule has 1 saturated heterocycles. The lowest BCUT2D eigenvalue weighted by Crippen LogP contribution is -2.45. The summed E-state index contributed by atoms with van der Waals surface area (Å²) in [6.45, 7) is 6.87. The molecule has 108 valence electrons. The van der Waals surface area contributed by atoms with E-state index in [4.69, 9.17) is 15.2 Å². The molecule has 5 nitrogen and oxygen atoms in total. The maximum atomic E-state index is 6.05. The predicted octanol–water partition coefficient (Wildman–Crippen LogP) is 1.88. The highest BCUT2D eigenvalue weighted by molar-refractivity contribution is 4.99. The van der Waals surface area contributed by atoms with E-state index in [2.05, 4.69) is 18.9 Å². The molecule has 19 heavy (non-hydrogen) atoms. The number of ether oxygens (including phenoxy) is 2. The maximum Gasteiger partial charge on any atom is 0.0914 e. The van der Waals surface area contributed by atoms with Crippen LogP contribution < -0.4 is 5.73 Å². The van der Waals surface area contributed by atoms with Gasteiger partial charge in [-0.25, -0.2) is 0 Å². The zero-order valence-corrected chi connectivity index (χ0v) is 12.0. The fourth-order valence-corrected chi connectivity index (χ4v) is 2.26. The van der Waals surface area contributed by atoms with E-state index in [0.717, 1.165) is 38.2 Å². The van der Waals surface area contributed by atoms with Crippen molar-refractivity contribution in [3.63, 3.8) is 0 Å². The fraction of sp³-hybridized carbons (Fsp3) is 0.786. The number of hydrogen-bond donors (Lipinski definition) is 1. The molecule has 1 atom stereocenters. The molecule has 2 heterocycles. The number of nitrogens with zero attached hydrogens (tertiary/aromatic N) is 2. The molecule has 1 fully saturated rings. The fourth-order valence-electron chi connectivity index (χ4n) is 2.26. The van der Waals surface area contributed by atoms with Crippen LogP contribution in [-0.4, -0.2) is 35.1 Å². The molecule has 0 aromatic carbocycles. The van der Waals surface area contributed by atoms with E-state index in [1.165, 1.54) is 0 Å². The van der Waals surface area contributed by atoms with Crippen molar-refractivity contribution in [3.8, 4) is 0 Å². The molecule has 0 bridgehead atoms. The van der Waals surface area contributed by atoms with Gasteiger partial charge in [-0.1, -0.05) is 6.92 Å². The van der Waals surface area contributed by atoms with Crippen molar-refractivity contribution in [1.82, 2.24) is 9.78 Å². The van der Waals surface area contributed by atoms with Gasteiger partial charge < -0.3 is 15.2 Å². The lowest BCUT2D eigenvalue weighted by Gasteiger charge is -2.35. The summed E-state index contributed by atoms with van der Waals surface area (Å²) in [5.74, 6) is 0. The van der Waals surface area contributed by atoms with E-state index < -0.39 is 0 Å². The maximum absolute atomic E-state index is 6.05. The number of hydrogen-bond acceptors (Lipinski definition) is 4. The minimum atomic E-state index is -0.224. The SMILES string of the molecule is CCC(C)n1ccc(COC2(CN)CCOCC2)n1.